The number of nitrogens with one attached hydrogen (secondary N) is 1. The predicted octanol–water partition coefficient (Wildman–Crippen LogP) is 3.72. The van der Waals surface area contributed by atoms with E-state index in [9.17, 15) is 4.79 Å². The van der Waals surface area contributed by atoms with Crippen LogP contribution >= 0.6 is 0 Å². The summed E-state index contributed by atoms with van der Waals surface area (Å²) in [5, 5.41) is 8.21. The van der Waals surface area contributed by atoms with Gasteiger partial charge < -0.3 is 4.98 Å². The SMILES string of the molecule is O=C(C(=NN=Cc1ccc[nH]1)c1ccccc1)c1ccccc1. The Morgan fingerprint density at radius 2 is 1.48 bits per heavy atom. The predicted molar refractivity (Wildman–Crippen MR) is 92.1 cm³/mol. The molecule has 0 saturated carbocycles. The van der Waals surface area contributed by atoms with Crippen molar-refractivity contribution in [1.29, 1.82) is 0 Å². The third-order valence-electron chi connectivity index (χ3n) is 3.27. The Balaban J connectivity index is 1.96. The van der Waals surface area contributed by atoms with Crippen LogP contribution in [0.1, 0.15) is 21.6 Å². The Hall–Kier alpha value is -3.27. The number of aromatic amines is 1. The number of H-pyrrole nitrogens is 1. The summed E-state index contributed by atoms with van der Waals surface area (Å²) >= 11 is 0. The summed E-state index contributed by atoms with van der Waals surface area (Å²) in [5.74, 6) is -0.152. The molecule has 1 heterocycles. The van der Waals surface area contributed by atoms with Gasteiger partial charge in [0.1, 0.15) is 5.71 Å². The lowest BCUT2D eigenvalue weighted by atomic mass is 10.0. The molecule has 0 saturated heterocycles. The van der Waals surface area contributed by atoms with Crippen molar-refractivity contribution in [3.05, 3.63) is 95.8 Å². The van der Waals surface area contributed by atoms with Gasteiger partial charge in [0, 0.05) is 17.3 Å². The second-order valence-corrected chi connectivity index (χ2v) is 4.88. The maximum absolute atomic E-state index is 12.7. The average molecular weight is 301 g/mol. The van der Waals surface area contributed by atoms with Crippen LogP contribution in [0.4, 0.5) is 0 Å². The molecular weight excluding hydrogens is 286 g/mol. The van der Waals surface area contributed by atoms with Crippen LogP contribution in [-0.2, 0) is 0 Å². The topological polar surface area (TPSA) is 57.6 Å². The van der Waals surface area contributed by atoms with E-state index < -0.39 is 0 Å². The first-order valence-corrected chi connectivity index (χ1v) is 7.24. The van der Waals surface area contributed by atoms with Crippen LogP contribution in [0.5, 0.6) is 0 Å². The molecule has 0 aliphatic rings. The maximum atomic E-state index is 12.7. The number of aromatic nitrogens is 1. The quantitative estimate of drug-likeness (QED) is 0.436. The first kappa shape index (κ1) is 14.7. The molecule has 0 atom stereocenters. The van der Waals surface area contributed by atoms with Crippen molar-refractivity contribution in [2.45, 2.75) is 0 Å². The summed E-state index contributed by atoms with van der Waals surface area (Å²) in [6, 6.07) is 22.2. The van der Waals surface area contributed by atoms with E-state index in [-0.39, 0.29) is 5.78 Å². The molecule has 2 aromatic carbocycles. The lowest BCUT2D eigenvalue weighted by molar-refractivity contribution is 0.106. The van der Waals surface area contributed by atoms with Crippen molar-refractivity contribution in [2.24, 2.45) is 10.2 Å². The molecule has 23 heavy (non-hydrogen) atoms. The minimum absolute atomic E-state index is 0.152. The molecule has 3 rings (SSSR count). The smallest absolute Gasteiger partial charge is 0.213 e. The zero-order chi connectivity index (χ0) is 15.9. The molecule has 1 N–H and O–H groups in total. The van der Waals surface area contributed by atoms with Gasteiger partial charge in [-0.2, -0.15) is 5.10 Å². The third kappa shape index (κ3) is 3.68. The summed E-state index contributed by atoms with van der Waals surface area (Å²) in [6.07, 6.45) is 3.39. The summed E-state index contributed by atoms with van der Waals surface area (Å²) < 4.78 is 0. The standard InChI is InChI=1S/C19H15N3O/c23-19(16-10-5-2-6-11-16)18(15-8-3-1-4-9-15)22-21-14-17-12-7-13-20-17/h1-14,20H. The molecule has 0 fully saturated rings. The lowest BCUT2D eigenvalue weighted by Crippen LogP contribution is -2.15. The van der Waals surface area contributed by atoms with Gasteiger partial charge in [0.05, 0.1) is 11.9 Å². The third-order valence-corrected chi connectivity index (χ3v) is 3.27. The zero-order valence-corrected chi connectivity index (χ0v) is 12.4. The number of Topliss-reactive ketones (excluding diaryl/α,β-unsaturated/α-hetero) is 1. The van der Waals surface area contributed by atoms with Gasteiger partial charge in [-0.1, -0.05) is 60.7 Å². The van der Waals surface area contributed by atoms with Gasteiger partial charge in [0.15, 0.2) is 0 Å². The molecule has 0 unspecified atom stereocenters. The molecule has 0 spiro atoms. The fourth-order valence-corrected chi connectivity index (χ4v) is 2.13. The Morgan fingerprint density at radius 3 is 2.09 bits per heavy atom. The van der Waals surface area contributed by atoms with E-state index in [2.05, 4.69) is 15.2 Å². The molecular formula is C19H15N3O. The van der Waals surface area contributed by atoms with Gasteiger partial charge in [-0.15, -0.1) is 5.10 Å². The highest BCUT2D eigenvalue weighted by molar-refractivity contribution is 6.51. The minimum Gasteiger partial charge on any atom is -0.360 e. The van der Waals surface area contributed by atoms with E-state index in [0.717, 1.165) is 11.3 Å². The van der Waals surface area contributed by atoms with Gasteiger partial charge in [-0.05, 0) is 12.1 Å². The Morgan fingerprint density at radius 1 is 0.826 bits per heavy atom. The summed E-state index contributed by atoms with van der Waals surface area (Å²) in [5.41, 5.74) is 2.48. The highest BCUT2D eigenvalue weighted by Gasteiger charge is 2.15. The van der Waals surface area contributed by atoms with Gasteiger partial charge in [0.25, 0.3) is 0 Å². The molecule has 0 aliphatic heterocycles. The average Bonchev–Trinajstić information content (AvgIpc) is 3.13. The van der Waals surface area contributed by atoms with E-state index in [4.69, 9.17) is 0 Å². The fourth-order valence-electron chi connectivity index (χ4n) is 2.13. The summed E-state index contributed by atoms with van der Waals surface area (Å²) in [7, 11) is 0. The Bertz CT molecular complexity index is 820. The van der Waals surface area contributed by atoms with E-state index in [1.54, 1.807) is 24.5 Å². The van der Waals surface area contributed by atoms with Crippen LogP contribution in [0.2, 0.25) is 0 Å². The second-order valence-electron chi connectivity index (χ2n) is 4.88. The highest BCUT2D eigenvalue weighted by atomic mass is 16.1. The molecule has 0 aliphatic carbocycles. The first-order valence-electron chi connectivity index (χ1n) is 7.24. The number of hydrogen-bond acceptors (Lipinski definition) is 3. The van der Waals surface area contributed by atoms with Crippen molar-refractivity contribution in [3.8, 4) is 0 Å². The zero-order valence-electron chi connectivity index (χ0n) is 12.4. The number of carbonyl (C=O) groups excluding carboxylic acids is 1. The van der Waals surface area contributed by atoms with Crippen molar-refractivity contribution in [1.82, 2.24) is 4.98 Å². The fraction of sp³-hybridized carbons (Fsp3) is 0. The number of ketones is 1. The Labute approximate surface area is 134 Å². The van der Waals surface area contributed by atoms with Crippen molar-refractivity contribution >= 4 is 17.7 Å². The minimum atomic E-state index is -0.152. The summed E-state index contributed by atoms with van der Waals surface area (Å²) in [4.78, 5) is 15.7. The van der Waals surface area contributed by atoms with Crippen molar-refractivity contribution < 1.29 is 4.79 Å². The van der Waals surface area contributed by atoms with Crippen LogP contribution in [0.3, 0.4) is 0 Å². The molecule has 0 amide bonds. The first-order chi connectivity index (χ1) is 11.3. The maximum Gasteiger partial charge on any atom is 0.213 e. The van der Waals surface area contributed by atoms with Crippen molar-refractivity contribution in [3.63, 3.8) is 0 Å². The Kier molecular flexibility index (Phi) is 4.55. The second kappa shape index (κ2) is 7.13. The monoisotopic (exact) mass is 301 g/mol. The normalized spacial score (nSPS) is 11.7. The van der Waals surface area contributed by atoms with Crippen molar-refractivity contribution in [2.75, 3.05) is 0 Å². The molecule has 112 valence electrons. The number of benzene rings is 2. The van der Waals surface area contributed by atoms with Crippen LogP contribution < -0.4 is 0 Å². The molecule has 0 bridgehead atoms. The van der Waals surface area contributed by atoms with Gasteiger partial charge in [-0.25, -0.2) is 0 Å². The van der Waals surface area contributed by atoms with Crippen LogP contribution in [0, 0.1) is 0 Å². The van der Waals surface area contributed by atoms with Crippen LogP contribution in [0.15, 0.2) is 89.2 Å². The lowest BCUT2D eigenvalue weighted by Gasteiger charge is -2.04. The molecule has 3 aromatic rings. The summed E-state index contributed by atoms with van der Waals surface area (Å²) in [6.45, 7) is 0. The number of hydrogen-bond donors (Lipinski definition) is 1. The number of carbonyl (C=O) groups is 1. The van der Waals surface area contributed by atoms with Gasteiger partial charge >= 0.3 is 0 Å². The van der Waals surface area contributed by atoms with Crippen LogP contribution in [0.25, 0.3) is 0 Å². The largest absolute Gasteiger partial charge is 0.360 e. The number of nitrogens with zero attached hydrogens (tertiary/aromatic N) is 2. The molecule has 1 aromatic heterocycles. The van der Waals surface area contributed by atoms with Gasteiger partial charge in [-0.3, -0.25) is 4.79 Å². The molecule has 0 radical (unpaired) electrons. The van der Waals surface area contributed by atoms with Gasteiger partial charge in [0.2, 0.25) is 5.78 Å². The molecule has 4 nitrogen and oxygen atoms in total. The van der Waals surface area contributed by atoms with E-state index >= 15 is 0 Å². The van der Waals surface area contributed by atoms with E-state index in [0.29, 0.717) is 11.3 Å². The highest BCUT2D eigenvalue weighted by Crippen LogP contribution is 2.09. The van der Waals surface area contributed by atoms with Crippen LogP contribution in [-0.4, -0.2) is 22.7 Å². The van der Waals surface area contributed by atoms with E-state index in [1.807, 2.05) is 60.7 Å². The molecule has 4 heteroatoms. The van der Waals surface area contributed by atoms with E-state index in [1.165, 1.54) is 0 Å². The number of rotatable bonds is 5.